The molecular weight excluding hydrogens is 355 g/mol. The molecule has 6 nitrogen and oxygen atoms in total. The van der Waals surface area contributed by atoms with Gasteiger partial charge < -0.3 is 5.32 Å². The number of carbonyl (C=O) groups excluding carboxylic acids is 1. The molecule has 112 valence electrons. The van der Waals surface area contributed by atoms with Crippen LogP contribution >= 0.6 is 15.9 Å². The minimum Gasteiger partial charge on any atom is -0.338 e. The molecule has 10 heteroatoms. The second kappa shape index (κ2) is 5.80. The van der Waals surface area contributed by atoms with Crippen LogP contribution in [-0.4, -0.2) is 32.3 Å². The van der Waals surface area contributed by atoms with E-state index in [4.69, 9.17) is 0 Å². The Morgan fingerprint density at radius 2 is 1.95 bits per heavy atom. The highest BCUT2D eigenvalue weighted by molar-refractivity contribution is 9.10. The first-order valence-electron chi connectivity index (χ1n) is 5.71. The third-order valence-corrected chi connectivity index (χ3v) is 3.09. The molecule has 1 aromatic heterocycles. The van der Waals surface area contributed by atoms with Gasteiger partial charge in [-0.3, -0.25) is 4.79 Å². The Morgan fingerprint density at radius 1 is 1.33 bits per heavy atom. The molecule has 0 spiro atoms. The lowest BCUT2D eigenvalue weighted by molar-refractivity contribution is -0.174. The third-order valence-electron chi connectivity index (χ3n) is 2.56. The number of carbonyl (C=O) groups is 1. The summed E-state index contributed by atoms with van der Waals surface area (Å²) in [5, 5.41) is 12.6. The lowest BCUT2D eigenvalue weighted by atomic mass is 10.2. The summed E-state index contributed by atoms with van der Waals surface area (Å²) in [6, 6.07) is 5.84. The predicted octanol–water partition coefficient (Wildman–Crippen LogP) is 2.16. The monoisotopic (exact) mass is 363 g/mol. The predicted molar refractivity (Wildman–Crippen MR) is 69.5 cm³/mol. The summed E-state index contributed by atoms with van der Waals surface area (Å²) in [6.45, 7) is 1.37. The zero-order valence-corrected chi connectivity index (χ0v) is 12.2. The lowest BCUT2D eigenvalue weighted by Crippen LogP contribution is -2.39. The van der Waals surface area contributed by atoms with Crippen LogP contribution in [-0.2, 0) is 4.79 Å². The van der Waals surface area contributed by atoms with E-state index in [1.165, 1.54) is 11.6 Å². The van der Waals surface area contributed by atoms with Gasteiger partial charge in [-0.2, -0.15) is 17.9 Å². The number of halogens is 4. The Labute approximate surface area is 125 Å². The normalized spacial score (nSPS) is 13.0. The summed E-state index contributed by atoms with van der Waals surface area (Å²) in [7, 11) is 0. The molecule has 0 aliphatic rings. The van der Waals surface area contributed by atoms with Gasteiger partial charge in [-0.1, -0.05) is 15.9 Å². The minimum atomic E-state index is -4.95. The summed E-state index contributed by atoms with van der Waals surface area (Å²) in [5.41, 5.74) is 0.561. The van der Waals surface area contributed by atoms with Crippen LogP contribution < -0.4 is 5.32 Å². The van der Waals surface area contributed by atoms with Gasteiger partial charge in [0, 0.05) is 4.47 Å². The molecule has 1 unspecified atom stereocenters. The standard InChI is InChI=1S/C11H9BrF3N5O/c1-6(16-10(21)11(13,14)15)9-17-18-19-20(9)8-4-2-7(12)3-5-8/h2-6H,1H3,(H,16,21). The highest BCUT2D eigenvalue weighted by Gasteiger charge is 2.39. The Balaban J connectivity index is 2.24. The minimum absolute atomic E-state index is 0.0925. The van der Waals surface area contributed by atoms with E-state index in [2.05, 4.69) is 31.5 Å². The zero-order chi connectivity index (χ0) is 15.6. The second-order valence-corrected chi connectivity index (χ2v) is 5.03. The molecule has 0 aliphatic carbocycles. The fourth-order valence-corrected chi connectivity index (χ4v) is 1.84. The summed E-state index contributed by atoms with van der Waals surface area (Å²) in [5.74, 6) is -1.95. The molecule has 1 atom stereocenters. The van der Waals surface area contributed by atoms with Crippen LogP contribution in [0.15, 0.2) is 28.7 Å². The quantitative estimate of drug-likeness (QED) is 0.906. The van der Waals surface area contributed by atoms with Crippen molar-refractivity contribution in [1.29, 1.82) is 0 Å². The number of nitrogens with zero attached hydrogens (tertiary/aromatic N) is 4. The van der Waals surface area contributed by atoms with Gasteiger partial charge in [0.2, 0.25) is 0 Å². The Kier molecular flexibility index (Phi) is 4.26. The first-order chi connectivity index (χ1) is 9.79. The molecule has 0 aliphatic heterocycles. The SMILES string of the molecule is CC(NC(=O)C(F)(F)F)c1nnnn1-c1ccc(Br)cc1. The van der Waals surface area contributed by atoms with Gasteiger partial charge in [0.15, 0.2) is 5.82 Å². The largest absolute Gasteiger partial charge is 0.471 e. The van der Waals surface area contributed by atoms with Crippen molar-refractivity contribution < 1.29 is 18.0 Å². The van der Waals surface area contributed by atoms with Crippen molar-refractivity contribution in [3.8, 4) is 5.69 Å². The molecule has 0 fully saturated rings. The van der Waals surface area contributed by atoms with E-state index in [1.54, 1.807) is 24.3 Å². The molecular formula is C11H9BrF3N5O. The number of amides is 1. The van der Waals surface area contributed by atoms with Crippen LogP contribution in [0.2, 0.25) is 0 Å². The number of hydrogen-bond donors (Lipinski definition) is 1. The lowest BCUT2D eigenvalue weighted by Gasteiger charge is -2.14. The van der Waals surface area contributed by atoms with Crippen molar-refractivity contribution in [3.63, 3.8) is 0 Å². The van der Waals surface area contributed by atoms with E-state index in [0.717, 1.165) is 4.47 Å². The highest BCUT2D eigenvalue weighted by Crippen LogP contribution is 2.19. The average molecular weight is 364 g/mol. The summed E-state index contributed by atoms with van der Waals surface area (Å²) in [4.78, 5) is 10.9. The number of aromatic nitrogens is 4. The number of hydrogen-bond acceptors (Lipinski definition) is 4. The van der Waals surface area contributed by atoms with Gasteiger partial charge in [0.25, 0.3) is 0 Å². The van der Waals surface area contributed by atoms with Gasteiger partial charge >= 0.3 is 12.1 Å². The summed E-state index contributed by atoms with van der Waals surface area (Å²) in [6.07, 6.45) is -4.95. The third kappa shape index (κ3) is 3.57. The summed E-state index contributed by atoms with van der Waals surface area (Å²) < 4.78 is 38.8. The van der Waals surface area contributed by atoms with Crippen molar-refractivity contribution in [3.05, 3.63) is 34.6 Å². The molecule has 2 aromatic rings. The maximum absolute atomic E-state index is 12.2. The molecule has 0 saturated carbocycles. The van der Waals surface area contributed by atoms with Crippen LogP contribution in [0.5, 0.6) is 0 Å². The number of rotatable bonds is 3. The number of alkyl halides is 3. The van der Waals surface area contributed by atoms with E-state index >= 15 is 0 Å². The molecule has 21 heavy (non-hydrogen) atoms. The van der Waals surface area contributed by atoms with Crippen LogP contribution in [0.3, 0.4) is 0 Å². The maximum atomic E-state index is 12.2. The number of tetrazole rings is 1. The smallest absolute Gasteiger partial charge is 0.338 e. The Hall–Kier alpha value is -1.97. The molecule has 1 N–H and O–H groups in total. The van der Waals surface area contributed by atoms with E-state index < -0.39 is 18.1 Å². The highest BCUT2D eigenvalue weighted by atomic mass is 79.9. The van der Waals surface area contributed by atoms with Crippen molar-refractivity contribution >= 4 is 21.8 Å². The number of benzene rings is 1. The molecule has 0 bridgehead atoms. The first-order valence-corrected chi connectivity index (χ1v) is 6.50. The zero-order valence-electron chi connectivity index (χ0n) is 10.6. The first kappa shape index (κ1) is 15.4. The Bertz CT molecular complexity index is 640. The fraction of sp³-hybridized carbons (Fsp3) is 0.273. The van der Waals surface area contributed by atoms with Crippen LogP contribution in [0, 0.1) is 0 Å². The van der Waals surface area contributed by atoms with Crippen LogP contribution in [0.1, 0.15) is 18.8 Å². The van der Waals surface area contributed by atoms with Gasteiger partial charge in [0.1, 0.15) is 0 Å². The van der Waals surface area contributed by atoms with E-state index in [0.29, 0.717) is 5.69 Å². The average Bonchev–Trinajstić information content (AvgIpc) is 2.87. The van der Waals surface area contributed by atoms with Gasteiger partial charge in [0.05, 0.1) is 11.7 Å². The van der Waals surface area contributed by atoms with Crippen molar-refractivity contribution in [2.24, 2.45) is 0 Å². The second-order valence-electron chi connectivity index (χ2n) is 4.12. The maximum Gasteiger partial charge on any atom is 0.471 e. The Morgan fingerprint density at radius 3 is 2.52 bits per heavy atom. The van der Waals surface area contributed by atoms with E-state index in [9.17, 15) is 18.0 Å². The van der Waals surface area contributed by atoms with Crippen molar-refractivity contribution in [2.75, 3.05) is 0 Å². The molecule has 1 amide bonds. The van der Waals surface area contributed by atoms with Crippen LogP contribution in [0.4, 0.5) is 13.2 Å². The topological polar surface area (TPSA) is 72.7 Å². The number of nitrogens with one attached hydrogen (secondary N) is 1. The fourth-order valence-electron chi connectivity index (χ4n) is 1.57. The van der Waals surface area contributed by atoms with Crippen molar-refractivity contribution in [2.45, 2.75) is 19.1 Å². The molecule has 1 aromatic carbocycles. The van der Waals surface area contributed by atoms with E-state index in [1.807, 2.05) is 5.32 Å². The molecule has 2 rings (SSSR count). The molecule has 1 heterocycles. The van der Waals surface area contributed by atoms with E-state index in [-0.39, 0.29) is 5.82 Å². The molecule has 0 saturated heterocycles. The van der Waals surface area contributed by atoms with Gasteiger partial charge in [-0.15, -0.1) is 5.10 Å². The summed E-state index contributed by atoms with van der Waals surface area (Å²) >= 11 is 3.27. The van der Waals surface area contributed by atoms with Gasteiger partial charge in [-0.05, 0) is 41.6 Å². The van der Waals surface area contributed by atoms with Crippen molar-refractivity contribution in [1.82, 2.24) is 25.5 Å². The molecule has 0 radical (unpaired) electrons. The van der Waals surface area contributed by atoms with Gasteiger partial charge in [-0.25, -0.2) is 0 Å². The van der Waals surface area contributed by atoms with Crippen LogP contribution in [0.25, 0.3) is 5.69 Å².